The topological polar surface area (TPSA) is 56.4 Å². The van der Waals surface area contributed by atoms with Crippen molar-refractivity contribution in [1.29, 1.82) is 0 Å². The van der Waals surface area contributed by atoms with Gasteiger partial charge in [0, 0.05) is 0 Å². The molecule has 0 saturated carbocycles. The Morgan fingerprint density at radius 3 is 0.237 bits per heavy atom. The van der Waals surface area contributed by atoms with Crippen LogP contribution in [0.1, 0.15) is 0 Å². The Labute approximate surface area is 285 Å². The number of hydrogen-bond donors (Lipinski definition) is 0. The zero-order chi connectivity index (χ0) is 30.8. The molecule has 0 aliphatic heterocycles. The summed E-state index contributed by atoms with van der Waals surface area (Å²) in [6.45, 7) is 55.1. The van der Waals surface area contributed by atoms with Gasteiger partial charge >= 0.3 is 46.1 Å². The molecule has 0 aliphatic carbocycles. The maximum atomic E-state index is 4.82. The first kappa shape index (κ1) is 53.7. The van der Waals surface area contributed by atoms with E-state index in [1.807, 2.05) is 0 Å². The summed E-state index contributed by atoms with van der Waals surface area (Å²) in [4.78, 5) is 0. The Kier molecular flexibility index (Phi) is 28.5. The SMILES string of the molecule is C[Si](C)(C)[N-][Si](C)(C)C.C[Si](C)(C)[N-][Si](C)(C)C.C[Si](C)(C)[N-][Si](C)(C)C.C[Si](C)(C)[N-][Si](C)(C)C.[Mg+2].[Mg+2]. The molecule has 0 aromatic heterocycles. The van der Waals surface area contributed by atoms with Crippen LogP contribution in [0.15, 0.2) is 0 Å². The van der Waals surface area contributed by atoms with Gasteiger partial charge in [-0.05, 0) is 0 Å². The van der Waals surface area contributed by atoms with Gasteiger partial charge in [-0.25, -0.2) is 0 Å². The van der Waals surface area contributed by atoms with Gasteiger partial charge in [-0.2, -0.15) is 0 Å². The van der Waals surface area contributed by atoms with E-state index < -0.39 is 65.9 Å². The van der Waals surface area contributed by atoms with Crippen LogP contribution in [0.4, 0.5) is 0 Å². The number of nitrogens with zero attached hydrogens (tertiary/aromatic N) is 4. The Morgan fingerprint density at radius 1 is 0.184 bits per heavy atom. The molecule has 0 heterocycles. The van der Waals surface area contributed by atoms with Crippen LogP contribution in [0, 0.1) is 0 Å². The summed E-state index contributed by atoms with van der Waals surface area (Å²) in [6.07, 6.45) is 0. The van der Waals surface area contributed by atoms with Crippen molar-refractivity contribution in [2.75, 3.05) is 0 Å². The molecule has 0 fully saturated rings. The smallest absolute Gasteiger partial charge is 0.668 e. The van der Waals surface area contributed by atoms with Crippen molar-refractivity contribution in [3.8, 4) is 0 Å². The average Bonchev–Trinajstić information content (AvgIpc) is 2.19. The Hall–Kier alpha value is 3.11. The summed E-state index contributed by atoms with van der Waals surface area (Å²) in [7, 11) is -8.85. The molecule has 4 nitrogen and oxygen atoms in total. The molecule has 0 aromatic carbocycles. The Morgan fingerprint density at radius 2 is 0.237 bits per heavy atom. The fraction of sp³-hybridized carbons (Fsp3) is 1.00. The predicted molar refractivity (Wildman–Crippen MR) is 212 cm³/mol. The van der Waals surface area contributed by atoms with Crippen molar-refractivity contribution in [3.05, 3.63) is 18.6 Å². The molecule has 0 atom stereocenters. The largest absolute Gasteiger partial charge is 2.00 e. The van der Waals surface area contributed by atoms with Crippen LogP contribution in [0.2, 0.25) is 157 Å². The molecule has 38 heavy (non-hydrogen) atoms. The van der Waals surface area contributed by atoms with Crippen LogP contribution in [0.25, 0.3) is 18.6 Å². The third-order valence-electron chi connectivity index (χ3n) is 2.68. The Balaban J connectivity index is -0.0000000883. The van der Waals surface area contributed by atoms with Crippen molar-refractivity contribution in [2.45, 2.75) is 157 Å². The van der Waals surface area contributed by atoms with Crippen molar-refractivity contribution in [2.24, 2.45) is 0 Å². The zero-order valence-electron chi connectivity index (χ0n) is 31.2. The van der Waals surface area contributed by atoms with E-state index in [0.29, 0.717) is 0 Å². The van der Waals surface area contributed by atoms with Gasteiger partial charge in [0.2, 0.25) is 0 Å². The minimum absolute atomic E-state index is 0. The maximum Gasteiger partial charge on any atom is 2.00 e. The van der Waals surface area contributed by atoms with Gasteiger partial charge in [0.15, 0.2) is 0 Å². The summed E-state index contributed by atoms with van der Waals surface area (Å²) in [6, 6.07) is 0. The summed E-state index contributed by atoms with van der Waals surface area (Å²) in [5, 5.41) is 0. The van der Waals surface area contributed by atoms with Gasteiger partial charge in [0.25, 0.3) is 0 Å². The first-order chi connectivity index (χ1) is 14.8. The van der Waals surface area contributed by atoms with Crippen LogP contribution in [0.5, 0.6) is 0 Å². The number of rotatable bonds is 8. The van der Waals surface area contributed by atoms with Crippen LogP contribution >= 0.6 is 0 Å². The molecule has 0 saturated heterocycles. The van der Waals surface area contributed by atoms with Crippen molar-refractivity contribution in [1.82, 2.24) is 0 Å². The number of hydrogen-bond acceptors (Lipinski definition) is 0. The summed E-state index contributed by atoms with van der Waals surface area (Å²) >= 11 is 0. The fourth-order valence-electron chi connectivity index (χ4n) is 4.02. The molecule has 0 N–H and O–H groups in total. The van der Waals surface area contributed by atoms with E-state index in [1.54, 1.807) is 0 Å². The molecular weight excluding hydrogens is 618 g/mol. The summed E-state index contributed by atoms with van der Waals surface area (Å²) in [5.74, 6) is 0. The zero-order valence-corrected chi connectivity index (χ0v) is 42.0. The van der Waals surface area contributed by atoms with E-state index >= 15 is 0 Å². The molecule has 0 spiro atoms. The third kappa shape index (κ3) is 77.3. The molecule has 0 unspecified atom stereocenters. The second-order valence-electron chi connectivity index (χ2n) is 17.8. The van der Waals surface area contributed by atoms with E-state index in [2.05, 4.69) is 157 Å². The van der Waals surface area contributed by atoms with E-state index in [1.165, 1.54) is 0 Å². The molecule has 14 heteroatoms. The van der Waals surface area contributed by atoms with Crippen molar-refractivity contribution < 1.29 is 0 Å². The summed E-state index contributed by atoms with van der Waals surface area (Å²) in [5.41, 5.74) is 0. The molecule has 224 valence electrons. The quantitative estimate of drug-likeness (QED) is 0.228. The molecule has 0 rings (SSSR count). The second-order valence-corrected chi connectivity index (χ2v) is 56.1. The molecule has 0 aliphatic rings. The standard InChI is InChI=1S/4C6H18NSi2.2Mg/c4*1-8(2,3)7-9(4,5)6;;/h4*1-6H3;;/q4*-1;2*+2. The van der Waals surface area contributed by atoms with Crippen LogP contribution in [-0.4, -0.2) is 112 Å². The van der Waals surface area contributed by atoms with Gasteiger partial charge in [0.1, 0.15) is 0 Å². The third-order valence-corrected chi connectivity index (χ3v) is 24.1. The van der Waals surface area contributed by atoms with E-state index in [9.17, 15) is 0 Å². The molecule has 0 amide bonds. The first-order valence-electron chi connectivity index (χ1n) is 13.8. The molecule has 0 radical (unpaired) electrons. The predicted octanol–water partition coefficient (Wildman–Crippen LogP) is 11.4. The van der Waals surface area contributed by atoms with Gasteiger partial charge in [0.05, 0.1) is 0 Å². The fourth-order valence-corrected chi connectivity index (χ4v) is 36.2. The monoisotopic (exact) mass is 688 g/mol. The Bertz CT molecular complexity index is 420. The average molecular weight is 690 g/mol. The first-order valence-corrected chi connectivity index (χ1v) is 41.4. The summed E-state index contributed by atoms with van der Waals surface area (Å²) < 4.78 is 19.3. The minimum Gasteiger partial charge on any atom is -0.668 e. The normalized spacial score (nSPS) is 13.3. The van der Waals surface area contributed by atoms with E-state index in [0.717, 1.165) is 0 Å². The van der Waals surface area contributed by atoms with Gasteiger partial charge < -0.3 is 18.6 Å². The van der Waals surface area contributed by atoms with E-state index in [4.69, 9.17) is 18.6 Å². The van der Waals surface area contributed by atoms with Gasteiger partial charge in [-0.15, -0.1) is 0 Å². The van der Waals surface area contributed by atoms with Gasteiger partial charge in [-0.1, -0.05) is 223 Å². The van der Waals surface area contributed by atoms with Crippen molar-refractivity contribution in [3.63, 3.8) is 0 Å². The second kappa shape index (κ2) is 20.2. The van der Waals surface area contributed by atoms with Crippen molar-refractivity contribution >= 4 is 112 Å². The van der Waals surface area contributed by atoms with E-state index in [-0.39, 0.29) is 46.1 Å². The molecular formula is C24H72Mg2N4Si8. The van der Waals surface area contributed by atoms with Crippen LogP contribution in [0.3, 0.4) is 0 Å². The minimum atomic E-state index is -1.11. The molecule has 0 bridgehead atoms. The van der Waals surface area contributed by atoms with Crippen LogP contribution < -0.4 is 0 Å². The maximum absolute atomic E-state index is 4.82. The van der Waals surface area contributed by atoms with Gasteiger partial charge in [-0.3, -0.25) is 0 Å². The molecule has 0 aromatic rings. The van der Waals surface area contributed by atoms with Crippen LogP contribution in [-0.2, 0) is 0 Å².